The number of carbonyl (C=O) groups excluding carboxylic acids is 2. The third-order valence-electron chi connectivity index (χ3n) is 5.26. The van der Waals surface area contributed by atoms with Crippen LogP contribution in [0.25, 0.3) is 0 Å². The van der Waals surface area contributed by atoms with Crippen LogP contribution in [-0.2, 0) is 16.1 Å². The van der Waals surface area contributed by atoms with Gasteiger partial charge in [0.25, 0.3) is 5.91 Å². The second-order valence-corrected chi connectivity index (χ2v) is 7.88. The molecule has 2 amide bonds. The van der Waals surface area contributed by atoms with E-state index in [1.54, 1.807) is 4.90 Å². The molecule has 0 unspecified atom stereocenters. The number of carbonyl (C=O) groups is 2. The lowest BCUT2D eigenvalue weighted by Gasteiger charge is -2.26. The average molecular weight is 416 g/mol. The molecule has 0 bridgehead atoms. The first-order valence-corrected chi connectivity index (χ1v) is 10.8. The largest absolute Gasteiger partial charge is 0.379 e. The Kier molecular flexibility index (Phi) is 8.07. The van der Waals surface area contributed by atoms with Crippen molar-refractivity contribution >= 4 is 17.8 Å². The molecule has 1 aromatic carbocycles. The average Bonchev–Trinajstić information content (AvgIpc) is 3.58. The number of hydrogen-bond donors (Lipinski definition) is 2. The Morgan fingerprint density at radius 3 is 2.77 bits per heavy atom. The van der Waals surface area contributed by atoms with Gasteiger partial charge in [-0.15, -0.1) is 0 Å². The maximum Gasteiger partial charge on any atom is 0.254 e. The molecular weight excluding hydrogens is 382 g/mol. The van der Waals surface area contributed by atoms with E-state index in [1.807, 2.05) is 38.2 Å². The molecule has 1 aromatic rings. The molecule has 3 rings (SSSR count). The summed E-state index contributed by atoms with van der Waals surface area (Å²) in [7, 11) is 2.01. The van der Waals surface area contributed by atoms with Gasteiger partial charge in [-0.05, 0) is 43.4 Å². The fourth-order valence-corrected chi connectivity index (χ4v) is 3.22. The highest BCUT2D eigenvalue weighted by atomic mass is 16.5. The zero-order valence-electron chi connectivity index (χ0n) is 18.0. The molecule has 2 fully saturated rings. The van der Waals surface area contributed by atoms with E-state index < -0.39 is 0 Å². The molecule has 8 nitrogen and oxygen atoms in total. The number of benzene rings is 1. The third kappa shape index (κ3) is 6.73. The van der Waals surface area contributed by atoms with E-state index in [9.17, 15) is 9.59 Å². The summed E-state index contributed by atoms with van der Waals surface area (Å²) in [6, 6.07) is 7.45. The molecule has 0 radical (unpaired) electrons. The van der Waals surface area contributed by atoms with Gasteiger partial charge in [0.05, 0.1) is 19.7 Å². The van der Waals surface area contributed by atoms with Crippen LogP contribution in [0, 0.1) is 5.92 Å². The molecule has 0 spiro atoms. The molecule has 2 N–H and O–H groups in total. The minimum absolute atomic E-state index is 0.112. The maximum absolute atomic E-state index is 12.6. The number of guanidine groups is 1. The fourth-order valence-electron chi connectivity index (χ4n) is 3.22. The summed E-state index contributed by atoms with van der Waals surface area (Å²) in [4.78, 5) is 32.4. The Bertz CT molecular complexity index is 746. The van der Waals surface area contributed by atoms with Gasteiger partial charge in [0.2, 0.25) is 5.91 Å². The minimum atomic E-state index is -0.112. The van der Waals surface area contributed by atoms with E-state index in [1.165, 1.54) is 12.8 Å². The summed E-state index contributed by atoms with van der Waals surface area (Å²) < 4.78 is 5.73. The predicted octanol–water partition coefficient (Wildman–Crippen LogP) is 1.08. The van der Waals surface area contributed by atoms with E-state index in [-0.39, 0.29) is 18.4 Å². The molecule has 30 heavy (non-hydrogen) atoms. The van der Waals surface area contributed by atoms with Gasteiger partial charge in [0.1, 0.15) is 0 Å². The van der Waals surface area contributed by atoms with Gasteiger partial charge in [-0.3, -0.25) is 9.59 Å². The van der Waals surface area contributed by atoms with Crippen LogP contribution >= 0.6 is 0 Å². The van der Waals surface area contributed by atoms with E-state index in [4.69, 9.17) is 9.73 Å². The number of aliphatic imine (C=N–C) groups is 1. The number of nitrogens with one attached hydrogen (secondary N) is 2. The van der Waals surface area contributed by atoms with Crippen molar-refractivity contribution in [1.29, 1.82) is 0 Å². The molecule has 1 saturated heterocycles. The molecule has 2 aliphatic rings. The van der Waals surface area contributed by atoms with Crippen molar-refractivity contribution in [2.75, 3.05) is 53.0 Å². The van der Waals surface area contributed by atoms with Crippen LogP contribution in [0.1, 0.15) is 35.7 Å². The fraction of sp³-hybridized carbons (Fsp3) is 0.591. The molecule has 164 valence electrons. The van der Waals surface area contributed by atoms with Gasteiger partial charge >= 0.3 is 0 Å². The van der Waals surface area contributed by atoms with Gasteiger partial charge in [-0.1, -0.05) is 12.1 Å². The second-order valence-electron chi connectivity index (χ2n) is 7.88. The number of nitrogens with zero attached hydrogens (tertiary/aromatic N) is 3. The number of amides is 2. The van der Waals surface area contributed by atoms with Crippen molar-refractivity contribution in [2.24, 2.45) is 10.9 Å². The Morgan fingerprint density at radius 1 is 1.33 bits per heavy atom. The molecular formula is C22H33N5O3. The molecule has 1 aliphatic heterocycles. The maximum atomic E-state index is 12.6. The molecule has 0 atom stereocenters. The van der Waals surface area contributed by atoms with Crippen molar-refractivity contribution in [2.45, 2.75) is 26.3 Å². The zero-order chi connectivity index (χ0) is 21.3. The van der Waals surface area contributed by atoms with Gasteiger partial charge in [-0.2, -0.15) is 0 Å². The van der Waals surface area contributed by atoms with E-state index in [2.05, 4.69) is 15.5 Å². The Labute approximate surface area is 178 Å². The first-order valence-electron chi connectivity index (χ1n) is 10.8. The summed E-state index contributed by atoms with van der Waals surface area (Å²) in [5.74, 6) is 1.39. The van der Waals surface area contributed by atoms with Gasteiger partial charge < -0.3 is 25.2 Å². The summed E-state index contributed by atoms with van der Waals surface area (Å²) in [5.41, 5.74) is 1.62. The lowest BCUT2D eigenvalue weighted by molar-refractivity contribution is -0.123. The molecule has 1 heterocycles. The second kappa shape index (κ2) is 11.0. The molecule has 1 saturated carbocycles. The molecule has 8 heteroatoms. The summed E-state index contributed by atoms with van der Waals surface area (Å²) in [6.45, 7) is 6.89. The van der Waals surface area contributed by atoms with Crippen molar-refractivity contribution in [1.82, 2.24) is 20.4 Å². The number of ether oxygens (including phenoxy) is 1. The van der Waals surface area contributed by atoms with Gasteiger partial charge in [0, 0.05) is 45.4 Å². The standard InChI is InChI=1S/C22H33N5O3/c1-3-23-22(26(2)12-13-30-16-18-4-5-18)25-14-17-6-8-19(9-7-17)21(29)27-11-10-24-20(28)15-27/h6-9,18H,3-5,10-16H2,1-2H3,(H,23,25)(H,24,28). The van der Waals surface area contributed by atoms with Crippen LogP contribution in [0.4, 0.5) is 0 Å². The highest BCUT2D eigenvalue weighted by Crippen LogP contribution is 2.28. The molecule has 1 aliphatic carbocycles. The monoisotopic (exact) mass is 415 g/mol. The summed E-state index contributed by atoms with van der Waals surface area (Å²) in [6.07, 6.45) is 2.61. The third-order valence-corrected chi connectivity index (χ3v) is 5.26. The summed E-state index contributed by atoms with van der Waals surface area (Å²) in [5, 5.41) is 6.05. The number of likely N-dealkylation sites (N-methyl/N-ethyl adjacent to an activating group) is 1. The smallest absolute Gasteiger partial charge is 0.254 e. The SMILES string of the molecule is CCNC(=NCc1ccc(C(=O)N2CCNC(=O)C2)cc1)N(C)CCOCC1CC1. The van der Waals surface area contributed by atoms with Crippen LogP contribution in [0.5, 0.6) is 0 Å². The van der Waals surface area contributed by atoms with Gasteiger partial charge in [0.15, 0.2) is 5.96 Å². The van der Waals surface area contributed by atoms with Crippen molar-refractivity contribution in [3.8, 4) is 0 Å². The van der Waals surface area contributed by atoms with Crippen LogP contribution in [0.2, 0.25) is 0 Å². The number of piperazine rings is 1. The van der Waals surface area contributed by atoms with Crippen molar-refractivity contribution < 1.29 is 14.3 Å². The lowest BCUT2D eigenvalue weighted by atomic mass is 10.1. The van der Waals surface area contributed by atoms with Crippen LogP contribution < -0.4 is 10.6 Å². The normalized spacial score (nSPS) is 16.9. The van der Waals surface area contributed by atoms with Crippen LogP contribution in [0.3, 0.4) is 0 Å². The van der Waals surface area contributed by atoms with E-state index in [0.717, 1.165) is 37.1 Å². The number of rotatable bonds is 9. The van der Waals surface area contributed by atoms with E-state index >= 15 is 0 Å². The molecule has 0 aromatic heterocycles. The Balaban J connectivity index is 1.51. The minimum Gasteiger partial charge on any atom is -0.379 e. The van der Waals surface area contributed by atoms with Gasteiger partial charge in [-0.25, -0.2) is 4.99 Å². The van der Waals surface area contributed by atoms with Crippen LogP contribution in [-0.4, -0.2) is 80.6 Å². The van der Waals surface area contributed by atoms with Crippen molar-refractivity contribution in [3.05, 3.63) is 35.4 Å². The highest BCUT2D eigenvalue weighted by Gasteiger charge is 2.22. The Morgan fingerprint density at radius 2 is 2.10 bits per heavy atom. The first kappa shape index (κ1) is 22.1. The van der Waals surface area contributed by atoms with Crippen molar-refractivity contribution in [3.63, 3.8) is 0 Å². The Hall–Kier alpha value is -2.61. The predicted molar refractivity (Wildman–Crippen MR) is 116 cm³/mol. The lowest BCUT2D eigenvalue weighted by Crippen LogP contribution is -2.49. The first-order chi connectivity index (χ1) is 14.6. The highest BCUT2D eigenvalue weighted by molar-refractivity contribution is 5.97. The quantitative estimate of drug-likeness (QED) is 0.358. The zero-order valence-corrected chi connectivity index (χ0v) is 18.0. The topological polar surface area (TPSA) is 86.3 Å². The summed E-state index contributed by atoms with van der Waals surface area (Å²) >= 11 is 0. The van der Waals surface area contributed by atoms with E-state index in [0.29, 0.717) is 31.8 Å². The van der Waals surface area contributed by atoms with Crippen LogP contribution in [0.15, 0.2) is 29.3 Å². The number of hydrogen-bond acceptors (Lipinski definition) is 4.